The second-order valence-corrected chi connectivity index (χ2v) is 9.81. The lowest BCUT2D eigenvalue weighted by Gasteiger charge is -2.56. The van der Waals surface area contributed by atoms with Crippen LogP contribution in [0.1, 0.15) is 38.5 Å². The standard InChI is InChI=1S/C19H21N5O2S/c20-11-17(12-21)23-22-16-1-3-18(4-2-16)27(25,26)24-19-8-13-5-14(9-19)7-15(6-13)10-19/h1-4,13-15,22,24H,5-10H2. The second-order valence-electron chi connectivity index (χ2n) is 8.12. The van der Waals surface area contributed by atoms with Crippen molar-refractivity contribution in [3.05, 3.63) is 24.3 Å². The van der Waals surface area contributed by atoms with Crippen LogP contribution in [-0.2, 0) is 10.0 Å². The molecular formula is C19H21N5O2S. The quantitative estimate of drug-likeness (QED) is 0.599. The topological polar surface area (TPSA) is 118 Å². The van der Waals surface area contributed by atoms with Gasteiger partial charge >= 0.3 is 0 Å². The molecule has 0 atom stereocenters. The Morgan fingerprint density at radius 1 is 1.00 bits per heavy atom. The first-order valence-corrected chi connectivity index (χ1v) is 10.7. The van der Waals surface area contributed by atoms with Crippen molar-refractivity contribution < 1.29 is 8.42 Å². The normalized spacial score (nSPS) is 31.0. The number of nitrogens with zero attached hydrogens (tertiary/aromatic N) is 3. The van der Waals surface area contributed by atoms with Crippen LogP contribution in [0, 0.1) is 40.4 Å². The molecule has 4 fully saturated rings. The Bertz CT molecular complexity index is 902. The molecule has 1 aromatic carbocycles. The molecule has 0 amide bonds. The summed E-state index contributed by atoms with van der Waals surface area (Å²) in [4.78, 5) is 0.216. The van der Waals surface area contributed by atoms with Gasteiger partial charge in [-0.2, -0.15) is 15.6 Å². The van der Waals surface area contributed by atoms with Crippen molar-refractivity contribution in [2.45, 2.75) is 49.0 Å². The third kappa shape index (κ3) is 3.55. The minimum atomic E-state index is -3.60. The molecule has 4 aliphatic carbocycles. The lowest BCUT2D eigenvalue weighted by molar-refractivity contribution is -0.00810. The first-order chi connectivity index (χ1) is 12.9. The van der Waals surface area contributed by atoms with Crippen LogP contribution in [-0.4, -0.2) is 19.7 Å². The van der Waals surface area contributed by atoms with E-state index in [2.05, 4.69) is 15.2 Å². The monoisotopic (exact) mass is 383 g/mol. The summed E-state index contributed by atoms with van der Waals surface area (Å²) in [5.41, 5.74) is 2.52. The molecule has 0 heterocycles. The smallest absolute Gasteiger partial charge is 0.241 e. The number of nitriles is 2. The molecule has 4 saturated carbocycles. The lowest BCUT2D eigenvalue weighted by atomic mass is 9.53. The van der Waals surface area contributed by atoms with Crippen LogP contribution in [0.3, 0.4) is 0 Å². The molecule has 4 bridgehead atoms. The molecule has 4 aliphatic rings. The SMILES string of the molecule is N#CC(C#N)=NNc1ccc(S(=O)(=O)NC23CC4CC(CC(C4)C2)C3)cc1. The van der Waals surface area contributed by atoms with E-state index in [-0.39, 0.29) is 16.1 Å². The van der Waals surface area contributed by atoms with Gasteiger partial charge in [-0.1, -0.05) is 0 Å². The van der Waals surface area contributed by atoms with E-state index in [1.54, 1.807) is 24.3 Å². The van der Waals surface area contributed by atoms with Gasteiger partial charge in [0.15, 0.2) is 0 Å². The highest BCUT2D eigenvalue weighted by molar-refractivity contribution is 7.89. The Morgan fingerprint density at radius 2 is 1.52 bits per heavy atom. The maximum absolute atomic E-state index is 12.9. The first kappa shape index (κ1) is 18.0. The van der Waals surface area contributed by atoms with Gasteiger partial charge in [-0.15, -0.1) is 0 Å². The predicted molar refractivity (Wildman–Crippen MR) is 100.0 cm³/mol. The van der Waals surface area contributed by atoms with Crippen molar-refractivity contribution in [1.29, 1.82) is 10.5 Å². The van der Waals surface area contributed by atoms with Gasteiger partial charge in [-0.3, -0.25) is 5.43 Å². The molecule has 1 aromatic rings. The zero-order chi connectivity index (χ0) is 19.1. The van der Waals surface area contributed by atoms with Crippen molar-refractivity contribution in [3.63, 3.8) is 0 Å². The number of rotatable bonds is 5. The summed E-state index contributed by atoms with van der Waals surface area (Å²) in [6.45, 7) is 0. The van der Waals surface area contributed by atoms with Crippen LogP contribution in [0.25, 0.3) is 0 Å². The minimum absolute atomic E-state index is 0.216. The fraction of sp³-hybridized carbons (Fsp3) is 0.526. The number of hydrogen-bond donors (Lipinski definition) is 2. The van der Waals surface area contributed by atoms with Crippen molar-refractivity contribution in [2.24, 2.45) is 22.9 Å². The van der Waals surface area contributed by atoms with Gasteiger partial charge in [-0.05, 0) is 80.5 Å². The van der Waals surface area contributed by atoms with Crippen molar-refractivity contribution in [1.82, 2.24) is 4.72 Å². The summed E-state index contributed by atoms with van der Waals surface area (Å²) in [5, 5.41) is 21.0. The van der Waals surface area contributed by atoms with Gasteiger partial charge in [0.1, 0.15) is 12.1 Å². The maximum atomic E-state index is 12.9. The number of anilines is 1. The third-order valence-electron chi connectivity index (χ3n) is 6.06. The summed E-state index contributed by atoms with van der Waals surface area (Å²) < 4.78 is 28.9. The highest BCUT2D eigenvalue weighted by atomic mass is 32.2. The average molecular weight is 383 g/mol. The highest BCUT2D eigenvalue weighted by Crippen LogP contribution is 2.55. The van der Waals surface area contributed by atoms with Gasteiger partial charge in [-0.25, -0.2) is 13.1 Å². The minimum Gasteiger partial charge on any atom is -0.277 e. The zero-order valence-corrected chi connectivity index (χ0v) is 15.7. The van der Waals surface area contributed by atoms with E-state index >= 15 is 0 Å². The zero-order valence-electron chi connectivity index (χ0n) is 14.9. The van der Waals surface area contributed by atoms with Gasteiger partial charge < -0.3 is 0 Å². The molecule has 0 aromatic heterocycles. The van der Waals surface area contributed by atoms with Gasteiger partial charge in [0.2, 0.25) is 15.7 Å². The van der Waals surface area contributed by atoms with E-state index in [0.717, 1.165) is 19.3 Å². The maximum Gasteiger partial charge on any atom is 0.241 e. The summed E-state index contributed by atoms with van der Waals surface area (Å²) >= 11 is 0. The molecule has 0 radical (unpaired) electrons. The summed E-state index contributed by atoms with van der Waals surface area (Å²) in [6, 6.07) is 9.47. The largest absolute Gasteiger partial charge is 0.277 e. The van der Waals surface area contributed by atoms with Crippen LogP contribution in [0.15, 0.2) is 34.3 Å². The molecule has 5 rings (SSSR count). The number of benzene rings is 1. The van der Waals surface area contributed by atoms with Crippen molar-refractivity contribution >= 4 is 21.4 Å². The lowest BCUT2D eigenvalue weighted by Crippen LogP contribution is -2.59. The fourth-order valence-electron chi connectivity index (χ4n) is 5.48. The Morgan fingerprint density at radius 3 is 2.00 bits per heavy atom. The van der Waals surface area contributed by atoms with Crippen LogP contribution in [0.4, 0.5) is 5.69 Å². The molecule has 2 N–H and O–H groups in total. The fourth-order valence-corrected chi connectivity index (χ4v) is 6.92. The summed E-state index contributed by atoms with van der Waals surface area (Å²) in [6.07, 6.45) is 6.65. The van der Waals surface area contributed by atoms with E-state index in [4.69, 9.17) is 10.5 Å². The number of hydrogen-bond acceptors (Lipinski definition) is 6. The number of nitrogens with one attached hydrogen (secondary N) is 2. The molecule has 27 heavy (non-hydrogen) atoms. The van der Waals surface area contributed by atoms with Crippen LogP contribution in [0.5, 0.6) is 0 Å². The van der Waals surface area contributed by atoms with Gasteiger partial charge in [0, 0.05) is 5.54 Å². The Hall–Kier alpha value is -2.42. The van der Waals surface area contributed by atoms with E-state index < -0.39 is 10.0 Å². The van der Waals surface area contributed by atoms with Crippen molar-refractivity contribution in [2.75, 3.05) is 5.43 Å². The average Bonchev–Trinajstić information content (AvgIpc) is 2.61. The van der Waals surface area contributed by atoms with E-state index in [9.17, 15) is 8.42 Å². The van der Waals surface area contributed by atoms with Crippen LogP contribution >= 0.6 is 0 Å². The van der Waals surface area contributed by atoms with Gasteiger partial charge in [0.05, 0.1) is 10.6 Å². The van der Waals surface area contributed by atoms with Crippen LogP contribution in [0.2, 0.25) is 0 Å². The Balaban J connectivity index is 1.49. The molecule has 0 saturated heterocycles. The van der Waals surface area contributed by atoms with Gasteiger partial charge in [0.25, 0.3) is 0 Å². The van der Waals surface area contributed by atoms with Crippen LogP contribution < -0.4 is 10.1 Å². The highest BCUT2D eigenvalue weighted by Gasteiger charge is 2.52. The van der Waals surface area contributed by atoms with E-state index in [1.165, 1.54) is 31.4 Å². The third-order valence-corrected chi connectivity index (χ3v) is 7.66. The van der Waals surface area contributed by atoms with Crippen molar-refractivity contribution in [3.8, 4) is 12.1 Å². The molecule has 140 valence electrons. The predicted octanol–water partition coefficient (Wildman–Crippen LogP) is 2.75. The molecule has 0 aliphatic heterocycles. The molecular weight excluding hydrogens is 362 g/mol. The molecule has 7 nitrogen and oxygen atoms in total. The summed E-state index contributed by atoms with van der Waals surface area (Å²) in [7, 11) is -3.60. The molecule has 0 spiro atoms. The number of hydrazone groups is 1. The summed E-state index contributed by atoms with van der Waals surface area (Å²) in [5.74, 6) is 1.99. The van der Waals surface area contributed by atoms with E-state index in [1.807, 2.05) is 0 Å². The Kier molecular flexibility index (Phi) is 4.41. The first-order valence-electron chi connectivity index (χ1n) is 9.19. The second kappa shape index (κ2) is 6.63. The molecule has 0 unspecified atom stereocenters. The Labute approximate surface area is 159 Å². The van der Waals surface area contributed by atoms with E-state index in [0.29, 0.717) is 23.4 Å². The number of sulfonamides is 1. The molecule has 8 heteroatoms.